The predicted octanol–water partition coefficient (Wildman–Crippen LogP) is 3.60. The first-order valence-corrected chi connectivity index (χ1v) is 10.2. The normalized spacial score (nSPS) is 11.6. The molecule has 1 amide bonds. The summed E-state index contributed by atoms with van der Waals surface area (Å²) in [6.45, 7) is 4.08. The minimum Gasteiger partial charge on any atom is -0.322 e. The van der Waals surface area contributed by atoms with E-state index in [1.54, 1.807) is 12.1 Å². The molecule has 0 aliphatic rings. The summed E-state index contributed by atoms with van der Waals surface area (Å²) in [7, 11) is -0.682. The molecule has 146 valence electrons. The lowest BCUT2D eigenvalue weighted by atomic mass is 10.2. The minimum atomic E-state index is -3.59. The second kappa shape index (κ2) is 7.61. The van der Waals surface area contributed by atoms with Crippen molar-refractivity contribution in [3.05, 3.63) is 77.6 Å². The zero-order chi connectivity index (χ0) is 20.5. The molecule has 0 fully saturated rings. The number of carbonyl (C=O) groups is 1. The highest BCUT2D eigenvalue weighted by Gasteiger charge is 2.18. The molecule has 1 heterocycles. The Bertz CT molecular complexity index is 1090. The van der Waals surface area contributed by atoms with E-state index in [0.29, 0.717) is 5.69 Å². The van der Waals surface area contributed by atoms with Crippen LogP contribution in [0.3, 0.4) is 0 Å². The number of carbonyl (C=O) groups excluding carboxylic acids is 1. The summed E-state index contributed by atoms with van der Waals surface area (Å²) in [4.78, 5) is 12.6. The summed E-state index contributed by atoms with van der Waals surface area (Å²) >= 11 is 0. The number of sulfonamides is 1. The van der Waals surface area contributed by atoms with E-state index >= 15 is 0 Å². The molecule has 7 heteroatoms. The smallest absolute Gasteiger partial charge is 0.255 e. The van der Waals surface area contributed by atoms with E-state index < -0.39 is 10.0 Å². The number of amides is 1. The third-order valence-electron chi connectivity index (χ3n) is 4.53. The SMILES string of the molecule is Cc1ccc(C)n1-c1ccc(NC(=O)c2cccc(S(=O)(=O)N(C)C)c2)cc1. The predicted molar refractivity (Wildman–Crippen MR) is 111 cm³/mol. The molecule has 28 heavy (non-hydrogen) atoms. The van der Waals surface area contributed by atoms with Gasteiger partial charge in [0.05, 0.1) is 4.90 Å². The molecule has 0 saturated heterocycles. The number of rotatable bonds is 5. The second-order valence-electron chi connectivity index (χ2n) is 6.77. The van der Waals surface area contributed by atoms with E-state index in [1.807, 2.05) is 38.1 Å². The van der Waals surface area contributed by atoms with E-state index in [2.05, 4.69) is 22.0 Å². The first-order valence-electron chi connectivity index (χ1n) is 8.79. The maximum Gasteiger partial charge on any atom is 0.255 e. The van der Waals surface area contributed by atoms with Gasteiger partial charge >= 0.3 is 0 Å². The quantitative estimate of drug-likeness (QED) is 0.715. The van der Waals surface area contributed by atoms with Crippen LogP contribution in [0.2, 0.25) is 0 Å². The standard InChI is InChI=1S/C21H23N3O3S/c1-15-8-9-16(2)24(15)19-12-10-18(11-13-19)22-21(25)17-6-5-7-20(14-17)28(26,27)23(3)4/h5-14H,1-4H3,(H,22,25). The number of nitrogens with zero attached hydrogens (tertiary/aromatic N) is 2. The van der Waals surface area contributed by atoms with Gasteiger partial charge in [-0.15, -0.1) is 0 Å². The van der Waals surface area contributed by atoms with Crippen molar-refractivity contribution in [2.24, 2.45) is 0 Å². The molecule has 0 atom stereocenters. The third-order valence-corrected chi connectivity index (χ3v) is 6.34. The summed E-state index contributed by atoms with van der Waals surface area (Å²) in [6, 6.07) is 17.6. The maximum absolute atomic E-state index is 12.6. The lowest BCUT2D eigenvalue weighted by Gasteiger charge is -2.13. The Morgan fingerprint density at radius 2 is 1.54 bits per heavy atom. The molecule has 1 aromatic heterocycles. The van der Waals surface area contributed by atoms with Crippen LogP contribution in [0.4, 0.5) is 5.69 Å². The summed E-state index contributed by atoms with van der Waals surface area (Å²) in [5.74, 6) is -0.364. The fourth-order valence-electron chi connectivity index (χ4n) is 2.98. The Hall–Kier alpha value is -2.90. The molecule has 3 aromatic rings. The molecule has 3 rings (SSSR count). The van der Waals surface area contributed by atoms with Crippen molar-refractivity contribution in [3.63, 3.8) is 0 Å². The van der Waals surface area contributed by atoms with E-state index in [-0.39, 0.29) is 16.4 Å². The van der Waals surface area contributed by atoms with Gasteiger partial charge in [0.1, 0.15) is 0 Å². The molecule has 0 aliphatic carbocycles. The number of nitrogens with one attached hydrogen (secondary N) is 1. The first kappa shape index (κ1) is 19.9. The Kier molecular flexibility index (Phi) is 5.40. The van der Waals surface area contributed by atoms with Gasteiger partial charge in [0.2, 0.25) is 10.0 Å². The Morgan fingerprint density at radius 1 is 0.929 bits per heavy atom. The van der Waals surface area contributed by atoms with Crippen molar-refractivity contribution in [1.82, 2.24) is 8.87 Å². The number of anilines is 1. The van der Waals surface area contributed by atoms with Gasteiger partial charge in [0.15, 0.2) is 0 Å². The molecule has 1 N–H and O–H groups in total. The van der Waals surface area contributed by atoms with Crippen LogP contribution in [0.5, 0.6) is 0 Å². The van der Waals surface area contributed by atoms with Gasteiger partial charge in [-0.2, -0.15) is 0 Å². The average molecular weight is 398 g/mol. The molecular formula is C21H23N3O3S. The largest absolute Gasteiger partial charge is 0.322 e. The summed E-state index contributed by atoms with van der Waals surface area (Å²) in [5.41, 5.74) is 4.19. The highest BCUT2D eigenvalue weighted by atomic mass is 32.2. The Balaban J connectivity index is 1.81. The van der Waals surface area contributed by atoms with Crippen LogP contribution in [0.25, 0.3) is 5.69 Å². The lowest BCUT2D eigenvalue weighted by Crippen LogP contribution is -2.22. The molecule has 0 unspecified atom stereocenters. The number of aromatic nitrogens is 1. The highest BCUT2D eigenvalue weighted by molar-refractivity contribution is 7.89. The zero-order valence-electron chi connectivity index (χ0n) is 16.3. The molecule has 0 aliphatic heterocycles. The van der Waals surface area contributed by atoms with E-state index in [9.17, 15) is 13.2 Å². The monoisotopic (exact) mass is 397 g/mol. The van der Waals surface area contributed by atoms with Crippen molar-refractivity contribution in [2.45, 2.75) is 18.7 Å². The van der Waals surface area contributed by atoms with E-state index in [0.717, 1.165) is 21.4 Å². The third kappa shape index (κ3) is 3.85. The molecule has 0 radical (unpaired) electrons. The number of aryl methyl sites for hydroxylation is 2. The summed E-state index contributed by atoms with van der Waals surface area (Å²) in [6.07, 6.45) is 0. The van der Waals surface area contributed by atoms with Crippen LogP contribution in [-0.4, -0.2) is 37.3 Å². The molecule has 0 saturated carbocycles. The van der Waals surface area contributed by atoms with Crippen molar-refractivity contribution in [1.29, 1.82) is 0 Å². The van der Waals surface area contributed by atoms with Gasteiger partial charge in [-0.1, -0.05) is 6.07 Å². The van der Waals surface area contributed by atoms with Crippen LogP contribution in [0, 0.1) is 13.8 Å². The minimum absolute atomic E-state index is 0.0825. The Labute approximate surface area is 165 Å². The van der Waals surface area contributed by atoms with Crippen molar-refractivity contribution in [3.8, 4) is 5.69 Å². The van der Waals surface area contributed by atoms with Gasteiger partial charge in [-0.05, 0) is 68.4 Å². The van der Waals surface area contributed by atoms with Gasteiger partial charge in [0.25, 0.3) is 5.91 Å². The maximum atomic E-state index is 12.6. The molecular weight excluding hydrogens is 374 g/mol. The average Bonchev–Trinajstić information content (AvgIpc) is 3.01. The molecule has 0 bridgehead atoms. The van der Waals surface area contributed by atoms with Crippen molar-refractivity contribution < 1.29 is 13.2 Å². The topological polar surface area (TPSA) is 71.4 Å². The van der Waals surface area contributed by atoms with Crippen molar-refractivity contribution in [2.75, 3.05) is 19.4 Å². The van der Waals surface area contributed by atoms with Crippen LogP contribution in [-0.2, 0) is 10.0 Å². The number of hydrogen-bond donors (Lipinski definition) is 1. The molecule has 2 aromatic carbocycles. The van der Waals surface area contributed by atoms with E-state index in [1.165, 1.54) is 26.2 Å². The molecule has 0 spiro atoms. The summed E-state index contributed by atoms with van der Waals surface area (Å²) in [5, 5.41) is 2.81. The zero-order valence-corrected chi connectivity index (χ0v) is 17.1. The van der Waals surface area contributed by atoms with Crippen LogP contribution in [0.15, 0.2) is 65.6 Å². The van der Waals surface area contributed by atoms with E-state index in [4.69, 9.17) is 0 Å². The number of benzene rings is 2. The van der Waals surface area contributed by atoms with Crippen LogP contribution < -0.4 is 5.32 Å². The Morgan fingerprint density at radius 3 is 2.11 bits per heavy atom. The van der Waals surface area contributed by atoms with Crippen LogP contribution in [0.1, 0.15) is 21.7 Å². The first-order chi connectivity index (χ1) is 13.2. The van der Waals surface area contributed by atoms with Gasteiger partial charge in [-0.3, -0.25) is 4.79 Å². The van der Waals surface area contributed by atoms with Crippen molar-refractivity contribution >= 4 is 21.6 Å². The highest BCUT2D eigenvalue weighted by Crippen LogP contribution is 2.20. The fourth-order valence-corrected chi connectivity index (χ4v) is 3.93. The summed E-state index contributed by atoms with van der Waals surface area (Å²) < 4.78 is 27.8. The van der Waals surface area contributed by atoms with Gasteiger partial charge in [-0.25, -0.2) is 12.7 Å². The van der Waals surface area contributed by atoms with Gasteiger partial charge in [0, 0.05) is 42.4 Å². The second-order valence-corrected chi connectivity index (χ2v) is 8.92. The lowest BCUT2D eigenvalue weighted by molar-refractivity contribution is 0.102. The fraction of sp³-hybridized carbons (Fsp3) is 0.190. The van der Waals surface area contributed by atoms with Gasteiger partial charge < -0.3 is 9.88 Å². The van der Waals surface area contributed by atoms with Crippen LogP contribution >= 0.6 is 0 Å². The number of hydrogen-bond acceptors (Lipinski definition) is 3. The molecule has 6 nitrogen and oxygen atoms in total.